The third-order valence-electron chi connectivity index (χ3n) is 4.41. The molecule has 2 heterocycles. The zero-order valence-electron chi connectivity index (χ0n) is 14.1. The van der Waals surface area contributed by atoms with Crippen molar-refractivity contribution in [2.45, 2.75) is 29.8 Å². The zero-order valence-corrected chi connectivity index (χ0v) is 14.9. The molecule has 0 aromatic heterocycles. The molecule has 0 radical (unpaired) electrons. The molecule has 0 spiro atoms. The Bertz CT molecular complexity index is 964. The molecule has 2 unspecified atom stereocenters. The summed E-state index contributed by atoms with van der Waals surface area (Å²) in [5, 5.41) is 2.60. The predicted molar refractivity (Wildman–Crippen MR) is 94.1 cm³/mol. The van der Waals surface area contributed by atoms with Gasteiger partial charge in [-0.1, -0.05) is 6.07 Å². The molecule has 2 aromatic carbocycles. The Morgan fingerprint density at radius 3 is 2.67 bits per heavy atom. The molecule has 27 heavy (non-hydrogen) atoms. The first-order valence-corrected chi connectivity index (χ1v) is 9.87. The molecule has 4 rings (SSSR count). The van der Waals surface area contributed by atoms with Crippen LogP contribution >= 0.6 is 0 Å². The highest BCUT2D eigenvalue weighted by Gasteiger charge is 2.50. The van der Waals surface area contributed by atoms with Crippen LogP contribution in [0, 0.1) is 5.82 Å². The first-order chi connectivity index (χ1) is 12.9. The maximum Gasteiger partial charge on any atom is 0.255 e. The molecule has 0 aliphatic carbocycles. The minimum atomic E-state index is -3.72. The first kappa shape index (κ1) is 18.1. The van der Waals surface area contributed by atoms with Gasteiger partial charge in [-0.3, -0.25) is 4.79 Å². The minimum absolute atomic E-state index is 0.0787. The lowest BCUT2D eigenvalue weighted by molar-refractivity contribution is 0.0421. The molecular formula is C18H17FN2O5S. The summed E-state index contributed by atoms with van der Waals surface area (Å²) in [6.45, 7) is 0.444. The molecule has 9 heteroatoms. The molecule has 2 aromatic rings. The van der Waals surface area contributed by atoms with E-state index in [2.05, 4.69) is 10.0 Å². The van der Waals surface area contributed by atoms with Crippen LogP contribution in [-0.2, 0) is 19.5 Å². The predicted octanol–water partition coefficient (Wildman–Crippen LogP) is 1.87. The Kier molecular flexibility index (Phi) is 4.68. The Balaban J connectivity index is 1.43. The second-order valence-corrected chi connectivity index (χ2v) is 8.06. The van der Waals surface area contributed by atoms with E-state index in [-0.39, 0.29) is 28.9 Å². The summed E-state index contributed by atoms with van der Waals surface area (Å²) in [7, 11) is -3.72. The second-order valence-electron chi connectivity index (χ2n) is 6.35. The van der Waals surface area contributed by atoms with Crippen LogP contribution in [0.1, 0.15) is 16.8 Å². The molecule has 3 atom stereocenters. The number of anilines is 1. The highest BCUT2D eigenvalue weighted by Crippen LogP contribution is 2.33. The van der Waals surface area contributed by atoms with Crippen molar-refractivity contribution in [3.05, 3.63) is 59.9 Å². The number of ether oxygens (including phenoxy) is 2. The number of amides is 1. The Hall–Kier alpha value is -2.33. The highest BCUT2D eigenvalue weighted by atomic mass is 32.2. The summed E-state index contributed by atoms with van der Waals surface area (Å²) in [6.07, 6.45) is -0.00690. The standard InChI is InChI=1S/C18H17FN2O5S/c19-12-3-1-2-11(10-12)17(22)20-13-4-6-14(7-5-13)27(23,24)21-15-8-9-25-18-16(15)26-18/h1-7,10,15-16,18,21H,8-9H2,(H,20,22)/t15-,16?,18?/m0/s1. The van der Waals surface area contributed by atoms with Crippen molar-refractivity contribution in [2.24, 2.45) is 0 Å². The van der Waals surface area contributed by atoms with Gasteiger partial charge in [0, 0.05) is 11.3 Å². The number of sulfonamides is 1. The Morgan fingerprint density at radius 2 is 1.93 bits per heavy atom. The lowest BCUT2D eigenvalue weighted by Crippen LogP contribution is -2.42. The van der Waals surface area contributed by atoms with E-state index in [0.29, 0.717) is 18.7 Å². The van der Waals surface area contributed by atoms with Gasteiger partial charge in [0.05, 0.1) is 17.5 Å². The van der Waals surface area contributed by atoms with Crippen molar-refractivity contribution in [1.82, 2.24) is 4.72 Å². The monoisotopic (exact) mass is 392 g/mol. The van der Waals surface area contributed by atoms with E-state index >= 15 is 0 Å². The van der Waals surface area contributed by atoms with Crippen molar-refractivity contribution in [3.8, 4) is 0 Å². The number of nitrogens with one attached hydrogen (secondary N) is 2. The number of benzene rings is 2. The molecule has 142 valence electrons. The van der Waals surface area contributed by atoms with Crippen molar-refractivity contribution in [1.29, 1.82) is 0 Å². The summed E-state index contributed by atoms with van der Waals surface area (Å²) in [6, 6.07) is 10.7. The fourth-order valence-electron chi connectivity index (χ4n) is 2.95. The molecule has 7 nitrogen and oxygen atoms in total. The summed E-state index contributed by atoms with van der Waals surface area (Å²) in [5.41, 5.74) is 0.576. The van der Waals surface area contributed by atoms with E-state index in [1.807, 2.05) is 0 Å². The number of rotatable bonds is 5. The average molecular weight is 392 g/mol. The molecule has 2 N–H and O–H groups in total. The number of halogens is 1. The van der Waals surface area contributed by atoms with Gasteiger partial charge in [0.1, 0.15) is 11.9 Å². The van der Waals surface area contributed by atoms with Crippen molar-refractivity contribution in [3.63, 3.8) is 0 Å². The number of fused-ring (bicyclic) bond motifs is 1. The van der Waals surface area contributed by atoms with E-state index < -0.39 is 21.7 Å². The largest absolute Gasteiger partial charge is 0.350 e. The van der Waals surface area contributed by atoms with Crippen LogP contribution in [0.5, 0.6) is 0 Å². The summed E-state index contributed by atoms with van der Waals surface area (Å²) in [5.74, 6) is -0.993. The number of epoxide rings is 1. The summed E-state index contributed by atoms with van der Waals surface area (Å²) in [4.78, 5) is 12.2. The van der Waals surface area contributed by atoms with E-state index in [1.165, 1.54) is 42.5 Å². The second kappa shape index (κ2) is 7.01. The normalized spacial score (nSPS) is 24.1. The maximum atomic E-state index is 13.2. The van der Waals surface area contributed by atoms with Crippen LogP contribution in [-0.4, -0.2) is 39.4 Å². The van der Waals surface area contributed by atoms with Gasteiger partial charge in [-0.15, -0.1) is 0 Å². The first-order valence-electron chi connectivity index (χ1n) is 8.39. The van der Waals surface area contributed by atoms with Crippen LogP contribution in [0.3, 0.4) is 0 Å². The van der Waals surface area contributed by atoms with Crippen molar-refractivity contribution >= 4 is 21.6 Å². The molecule has 2 fully saturated rings. The van der Waals surface area contributed by atoms with Crippen LogP contribution in [0.25, 0.3) is 0 Å². The third-order valence-corrected chi connectivity index (χ3v) is 5.91. The maximum absolute atomic E-state index is 13.2. The van der Waals surface area contributed by atoms with Gasteiger partial charge in [0.25, 0.3) is 5.91 Å². The molecule has 2 aliphatic heterocycles. The quantitative estimate of drug-likeness (QED) is 0.758. The SMILES string of the molecule is O=C(Nc1ccc(S(=O)(=O)N[C@H]2CCOC3OC32)cc1)c1cccc(F)c1. The van der Waals surface area contributed by atoms with Crippen LogP contribution < -0.4 is 10.0 Å². The number of carbonyl (C=O) groups excluding carboxylic acids is 1. The Morgan fingerprint density at radius 1 is 1.15 bits per heavy atom. The highest BCUT2D eigenvalue weighted by molar-refractivity contribution is 7.89. The van der Waals surface area contributed by atoms with Gasteiger partial charge < -0.3 is 14.8 Å². The van der Waals surface area contributed by atoms with Gasteiger partial charge >= 0.3 is 0 Å². The fourth-order valence-corrected chi connectivity index (χ4v) is 4.23. The smallest absolute Gasteiger partial charge is 0.255 e. The van der Waals surface area contributed by atoms with E-state index in [4.69, 9.17) is 9.47 Å². The van der Waals surface area contributed by atoms with Gasteiger partial charge in [-0.25, -0.2) is 17.5 Å². The van der Waals surface area contributed by atoms with Gasteiger partial charge in [-0.05, 0) is 48.9 Å². The lowest BCUT2D eigenvalue weighted by atomic mass is 10.1. The van der Waals surface area contributed by atoms with E-state index in [0.717, 1.165) is 6.07 Å². The van der Waals surface area contributed by atoms with Crippen LogP contribution in [0.2, 0.25) is 0 Å². The molecule has 2 saturated heterocycles. The molecule has 2 aliphatic rings. The number of hydrogen-bond donors (Lipinski definition) is 2. The molecule has 0 saturated carbocycles. The minimum Gasteiger partial charge on any atom is -0.350 e. The molecule has 1 amide bonds. The van der Waals surface area contributed by atoms with Crippen LogP contribution in [0.15, 0.2) is 53.4 Å². The van der Waals surface area contributed by atoms with Gasteiger partial charge in [-0.2, -0.15) is 0 Å². The molecule has 0 bridgehead atoms. The lowest BCUT2D eigenvalue weighted by Gasteiger charge is -2.19. The Labute approximate surface area is 155 Å². The average Bonchev–Trinajstić information content (AvgIpc) is 3.43. The number of carbonyl (C=O) groups is 1. The van der Waals surface area contributed by atoms with Gasteiger partial charge in [0.2, 0.25) is 10.0 Å². The number of hydrogen-bond acceptors (Lipinski definition) is 5. The topological polar surface area (TPSA) is 97.0 Å². The van der Waals surface area contributed by atoms with Crippen molar-refractivity contribution < 1.29 is 27.1 Å². The van der Waals surface area contributed by atoms with E-state index in [1.54, 1.807) is 0 Å². The third kappa shape index (κ3) is 4.01. The van der Waals surface area contributed by atoms with Crippen LogP contribution in [0.4, 0.5) is 10.1 Å². The van der Waals surface area contributed by atoms with Crippen molar-refractivity contribution in [2.75, 3.05) is 11.9 Å². The molecular weight excluding hydrogens is 375 g/mol. The summed E-state index contributed by atoms with van der Waals surface area (Å²) < 4.78 is 51.4. The zero-order chi connectivity index (χ0) is 19.0. The van der Waals surface area contributed by atoms with Gasteiger partial charge in [0.15, 0.2) is 6.29 Å². The summed E-state index contributed by atoms with van der Waals surface area (Å²) >= 11 is 0. The fraction of sp³-hybridized carbons (Fsp3) is 0.278. The van der Waals surface area contributed by atoms with E-state index in [9.17, 15) is 17.6 Å².